The molecular formula is C28H20Cl2O4Ti. The summed E-state index contributed by atoms with van der Waals surface area (Å²) in [6, 6.07) is 29.5. The molecule has 0 saturated heterocycles. The van der Waals surface area contributed by atoms with E-state index in [-0.39, 0.29) is 69.5 Å². The molecule has 0 heterocycles. The van der Waals surface area contributed by atoms with Crippen molar-refractivity contribution in [2.24, 2.45) is 0 Å². The van der Waals surface area contributed by atoms with Gasteiger partial charge in [0.25, 0.3) is 0 Å². The molecule has 4 nitrogen and oxygen atoms in total. The van der Waals surface area contributed by atoms with Crippen molar-refractivity contribution in [2.75, 3.05) is 0 Å². The number of halogens is 2. The van der Waals surface area contributed by atoms with Crippen LogP contribution in [0.4, 0.5) is 0 Å². The Labute approximate surface area is 229 Å². The van der Waals surface area contributed by atoms with Gasteiger partial charge in [-0.25, -0.2) is 0 Å². The maximum absolute atomic E-state index is 10.1. The van der Waals surface area contributed by atoms with Crippen molar-refractivity contribution in [3.63, 3.8) is 0 Å². The number of phenols is 4. The number of fused-ring (bicyclic) bond motifs is 4. The minimum atomic E-state index is 0. The molecule has 174 valence electrons. The van der Waals surface area contributed by atoms with Crippen LogP contribution in [-0.2, 0) is 21.7 Å². The van der Waals surface area contributed by atoms with E-state index >= 15 is 0 Å². The van der Waals surface area contributed by atoms with Crippen molar-refractivity contribution >= 4 is 43.1 Å². The van der Waals surface area contributed by atoms with Crippen molar-refractivity contribution in [3.05, 3.63) is 97.1 Å². The predicted molar refractivity (Wildman–Crippen MR) is 130 cm³/mol. The van der Waals surface area contributed by atoms with E-state index in [0.29, 0.717) is 10.8 Å². The van der Waals surface area contributed by atoms with Gasteiger partial charge in [-0.2, -0.15) is 0 Å². The zero-order valence-corrected chi connectivity index (χ0v) is 21.4. The molecule has 6 rings (SSSR count). The van der Waals surface area contributed by atoms with Gasteiger partial charge in [0.2, 0.25) is 0 Å². The van der Waals surface area contributed by atoms with Gasteiger partial charge in [0.1, 0.15) is 23.0 Å². The first-order valence-corrected chi connectivity index (χ1v) is 10.2. The van der Waals surface area contributed by atoms with Crippen molar-refractivity contribution in [2.45, 2.75) is 0 Å². The molecule has 0 saturated carbocycles. The Morgan fingerprint density at radius 3 is 1.14 bits per heavy atom. The van der Waals surface area contributed by atoms with Gasteiger partial charge in [0.15, 0.2) is 0 Å². The Morgan fingerprint density at radius 2 is 0.743 bits per heavy atom. The Bertz CT molecular complexity index is 1510. The number of aromatic hydroxyl groups is 4. The van der Waals surface area contributed by atoms with E-state index in [4.69, 9.17) is 0 Å². The van der Waals surface area contributed by atoms with Crippen LogP contribution < -0.4 is 24.8 Å². The third-order valence-electron chi connectivity index (χ3n) is 5.68. The van der Waals surface area contributed by atoms with E-state index in [9.17, 15) is 20.4 Å². The average molecular weight is 539 g/mol. The quantitative estimate of drug-likeness (QED) is 0.170. The predicted octanol–water partition coefficient (Wildman–Crippen LogP) is 0.814. The molecule has 0 spiro atoms. The molecule has 0 bridgehead atoms. The Balaban J connectivity index is 0.000000227. The SMILES string of the molecule is Oc1cccc2cc3ccccc3c(O)c12.Oc1cccc2cc3ccccc3c(O)c12.[Cl-].[Cl-].[Ti+2]. The molecule has 0 fully saturated rings. The van der Waals surface area contributed by atoms with Gasteiger partial charge < -0.3 is 45.2 Å². The van der Waals surface area contributed by atoms with E-state index in [1.54, 1.807) is 24.3 Å². The van der Waals surface area contributed by atoms with Gasteiger partial charge in [0, 0.05) is 10.8 Å². The van der Waals surface area contributed by atoms with E-state index in [2.05, 4.69) is 0 Å². The third-order valence-corrected chi connectivity index (χ3v) is 5.68. The molecular weight excluding hydrogens is 519 g/mol. The minimum Gasteiger partial charge on any atom is -1.00 e. The summed E-state index contributed by atoms with van der Waals surface area (Å²) >= 11 is 0. The topological polar surface area (TPSA) is 80.9 Å². The first-order chi connectivity index (χ1) is 15.5. The van der Waals surface area contributed by atoms with Gasteiger partial charge in [-0.05, 0) is 45.8 Å². The normalized spacial score (nSPS) is 10.1. The van der Waals surface area contributed by atoms with Crippen molar-refractivity contribution in [1.29, 1.82) is 0 Å². The van der Waals surface area contributed by atoms with Crippen LogP contribution in [0.5, 0.6) is 23.0 Å². The van der Waals surface area contributed by atoms with Crippen molar-refractivity contribution in [1.82, 2.24) is 0 Å². The smallest absolute Gasteiger partial charge is 1.00 e. The summed E-state index contributed by atoms with van der Waals surface area (Å²) in [7, 11) is 0. The number of rotatable bonds is 0. The van der Waals surface area contributed by atoms with Crippen LogP contribution in [0.2, 0.25) is 0 Å². The average Bonchev–Trinajstić information content (AvgIpc) is 2.80. The molecule has 0 radical (unpaired) electrons. The summed E-state index contributed by atoms with van der Waals surface area (Å²) in [5.74, 6) is 0.513. The number of hydrogen-bond donors (Lipinski definition) is 4. The molecule has 0 unspecified atom stereocenters. The molecule has 6 aromatic carbocycles. The van der Waals surface area contributed by atoms with Crippen LogP contribution in [0.1, 0.15) is 0 Å². The molecule has 0 aliphatic heterocycles. The summed E-state index contributed by atoms with van der Waals surface area (Å²) in [6.45, 7) is 0. The standard InChI is InChI=1S/2C14H10O2.2ClH.Ti/c2*15-12-7-3-5-10-8-9-4-1-2-6-11(9)14(16)13(10)12;;;/h2*1-8,15-16H;2*1H;/q;;;;+2/p-2. The van der Waals surface area contributed by atoms with Crippen LogP contribution in [-0.4, -0.2) is 20.4 Å². The maximum Gasteiger partial charge on any atom is 2.00 e. The van der Waals surface area contributed by atoms with Gasteiger partial charge in [0.05, 0.1) is 10.8 Å². The fourth-order valence-electron chi connectivity index (χ4n) is 4.15. The summed E-state index contributed by atoms with van der Waals surface area (Å²) < 4.78 is 0. The first kappa shape index (κ1) is 28.1. The van der Waals surface area contributed by atoms with Crippen LogP contribution in [0.3, 0.4) is 0 Å². The summed E-state index contributed by atoms with van der Waals surface area (Å²) in [4.78, 5) is 0. The molecule has 0 amide bonds. The van der Waals surface area contributed by atoms with Crippen LogP contribution in [0.15, 0.2) is 97.1 Å². The Kier molecular flexibility index (Phi) is 9.25. The fourth-order valence-corrected chi connectivity index (χ4v) is 4.15. The Hall–Kier alpha value is -3.15. The van der Waals surface area contributed by atoms with Crippen molar-refractivity contribution < 1.29 is 67.0 Å². The Morgan fingerprint density at radius 1 is 0.400 bits per heavy atom. The number of benzene rings is 6. The molecule has 0 atom stereocenters. The second kappa shape index (κ2) is 11.5. The van der Waals surface area contributed by atoms with Crippen LogP contribution >= 0.6 is 0 Å². The number of phenolic OH excluding ortho intramolecular Hbond substituents is 4. The molecule has 35 heavy (non-hydrogen) atoms. The minimum absolute atomic E-state index is 0. The molecule has 6 aromatic rings. The monoisotopic (exact) mass is 538 g/mol. The van der Waals surface area contributed by atoms with Gasteiger partial charge in [-0.1, -0.05) is 72.8 Å². The molecule has 0 aliphatic carbocycles. The zero-order valence-electron chi connectivity index (χ0n) is 18.3. The summed E-state index contributed by atoms with van der Waals surface area (Å²) in [5.41, 5.74) is 0. The fraction of sp³-hybridized carbons (Fsp3) is 0. The van der Waals surface area contributed by atoms with E-state index < -0.39 is 0 Å². The van der Waals surface area contributed by atoms with E-state index in [0.717, 1.165) is 32.3 Å². The number of hydrogen-bond acceptors (Lipinski definition) is 4. The zero-order chi connectivity index (χ0) is 22.2. The van der Waals surface area contributed by atoms with Crippen LogP contribution in [0, 0.1) is 0 Å². The maximum atomic E-state index is 10.1. The summed E-state index contributed by atoms with van der Waals surface area (Å²) in [5, 5.41) is 45.9. The van der Waals surface area contributed by atoms with Gasteiger partial charge >= 0.3 is 21.7 Å². The molecule has 4 N–H and O–H groups in total. The van der Waals surface area contributed by atoms with Gasteiger partial charge in [-0.15, -0.1) is 0 Å². The molecule has 0 aliphatic rings. The summed E-state index contributed by atoms with van der Waals surface area (Å²) in [6.07, 6.45) is 0. The second-order valence-corrected chi connectivity index (χ2v) is 7.64. The largest absolute Gasteiger partial charge is 2.00 e. The van der Waals surface area contributed by atoms with Gasteiger partial charge in [-0.3, -0.25) is 0 Å². The van der Waals surface area contributed by atoms with Crippen LogP contribution in [0.25, 0.3) is 43.1 Å². The molecule has 7 heteroatoms. The molecule has 0 aromatic heterocycles. The van der Waals surface area contributed by atoms with E-state index in [1.807, 2.05) is 72.8 Å². The third kappa shape index (κ3) is 5.12. The second-order valence-electron chi connectivity index (χ2n) is 7.64. The first-order valence-electron chi connectivity index (χ1n) is 10.2. The van der Waals surface area contributed by atoms with E-state index in [1.165, 1.54) is 0 Å². The van der Waals surface area contributed by atoms with Crippen molar-refractivity contribution in [3.8, 4) is 23.0 Å².